The first kappa shape index (κ1) is 17.4. The Balaban J connectivity index is 1.59. The van der Waals surface area contributed by atoms with E-state index in [1.54, 1.807) is 17.5 Å². The minimum Gasteiger partial charge on any atom is -0.326 e. The number of fused-ring (bicyclic) bond motifs is 1. The molecule has 0 atom stereocenters. The molecule has 0 fully saturated rings. The van der Waals surface area contributed by atoms with Crippen LogP contribution in [0.5, 0.6) is 0 Å². The second-order valence-corrected chi connectivity index (χ2v) is 7.52. The molecule has 1 amide bonds. The van der Waals surface area contributed by atoms with Crippen molar-refractivity contribution in [2.24, 2.45) is 0 Å². The number of benzene rings is 2. The van der Waals surface area contributed by atoms with Gasteiger partial charge in [-0.25, -0.2) is 9.97 Å². The minimum atomic E-state index is -0.0215. The second-order valence-electron chi connectivity index (χ2n) is 6.54. The van der Waals surface area contributed by atoms with Crippen LogP contribution in [0.3, 0.4) is 0 Å². The van der Waals surface area contributed by atoms with Crippen LogP contribution in [0.1, 0.15) is 16.7 Å². The lowest BCUT2D eigenvalue weighted by Crippen LogP contribution is -2.15. The molecule has 2 aromatic heterocycles. The van der Waals surface area contributed by atoms with Crippen molar-refractivity contribution in [3.8, 4) is 10.6 Å². The van der Waals surface area contributed by atoms with Crippen LogP contribution < -0.4 is 5.32 Å². The Morgan fingerprint density at radius 2 is 1.93 bits per heavy atom. The predicted molar refractivity (Wildman–Crippen MR) is 111 cm³/mol. The third-order valence-corrected chi connectivity index (χ3v) is 5.46. The summed E-state index contributed by atoms with van der Waals surface area (Å²) in [5.41, 5.74) is 5.91. The van der Waals surface area contributed by atoms with Gasteiger partial charge in [0.2, 0.25) is 5.91 Å². The number of amides is 1. The lowest BCUT2D eigenvalue weighted by Gasteiger charge is -2.11. The summed E-state index contributed by atoms with van der Waals surface area (Å²) in [5, 5.41) is 3.96. The number of anilines is 1. The van der Waals surface area contributed by atoms with Crippen LogP contribution in [0.2, 0.25) is 0 Å². The highest BCUT2D eigenvalue weighted by Crippen LogP contribution is 2.33. The normalized spacial score (nSPS) is 10.9. The third kappa shape index (κ3) is 3.73. The zero-order valence-electron chi connectivity index (χ0n) is 15.2. The van der Waals surface area contributed by atoms with Crippen LogP contribution in [-0.4, -0.2) is 15.9 Å². The molecule has 0 aliphatic carbocycles. The summed E-state index contributed by atoms with van der Waals surface area (Å²) < 4.78 is 0. The number of aromatic nitrogens is 2. The fraction of sp³-hybridized carbons (Fsp3) is 0.136. The molecule has 1 N–H and O–H groups in total. The summed E-state index contributed by atoms with van der Waals surface area (Å²) in [6.07, 6.45) is 2.13. The lowest BCUT2D eigenvalue weighted by atomic mass is 10.1. The Morgan fingerprint density at radius 1 is 1.07 bits per heavy atom. The van der Waals surface area contributed by atoms with Gasteiger partial charge in [-0.05, 0) is 43.2 Å². The SMILES string of the molecule is Cc1cccc(CC(=O)Nc2cccc(-c3nc4cccnc4s3)c2C)c1. The number of aryl methyl sites for hydroxylation is 1. The number of carbonyl (C=O) groups excluding carboxylic acids is 1. The summed E-state index contributed by atoms with van der Waals surface area (Å²) in [6, 6.07) is 17.8. The lowest BCUT2D eigenvalue weighted by molar-refractivity contribution is -0.115. The van der Waals surface area contributed by atoms with Gasteiger partial charge in [-0.15, -0.1) is 0 Å². The summed E-state index contributed by atoms with van der Waals surface area (Å²) in [6.45, 7) is 4.04. The van der Waals surface area contributed by atoms with Crippen molar-refractivity contribution in [2.75, 3.05) is 5.32 Å². The molecule has 4 aromatic rings. The largest absolute Gasteiger partial charge is 0.326 e. The second kappa shape index (κ2) is 7.29. The van der Waals surface area contributed by atoms with E-state index in [1.807, 2.05) is 68.4 Å². The maximum atomic E-state index is 12.5. The Bertz CT molecular complexity index is 1100. The van der Waals surface area contributed by atoms with Crippen LogP contribution in [0.4, 0.5) is 5.69 Å². The van der Waals surface area contributed by atoms with Gasteiger partial charge in [-0.3, -0.25) is 4.79 Å². The van der Waals surface area contributed by atoms with E-state index in [-0.39, 0.29) is 5.91 Å². The van der Waals surface area contributed by atoms with Gasteiger partial charge in [0, 0.05) is 17.4 Å². The van der Waals surface area contributed by atoms with Crippen LogP contribution in [0.15, 0.2) is 60.8 Å². The average Bonchev–Trinajstić information content (AvgIpc) is 3.07. The minimum absolute atomic E-state index is 0.0215. The van der Waals surface area contributed by atoms with Crippen molar-refractivity contribution in [2.45, 2.75) is 20.3 Å². The number of rotatable bonds is 4. The summed E-state index contributed by atoms with van der Waals surface area (Å²) in [4.78, 5) is 22.5. The molecule has 27 heavy (non-hydrogen) atoms. The summed E-state index contributed by atoms with van der Waals surface area (Å²) in [7, 11) is 0. The van der Waals surface area contributed by atoms with E-state index in [0.29, 0.717) is 6.42 Å². The molecule has 2 aromatic carbocycles. The molecule has 0 aliphatic heterocycles. The summed E-state index contributed by atoms with van der Waals surface area (Å²) >= 11 is 1.56. The molecule has 0 unspecified atom stereocenters. The number of carbonyl (C=O) groups is 1. The van der Waals surface area contributed by atoms with Gasteiger partial charge in [0.1, 0.15) is 15.4 Å². The predicted octanol–water partition coefficient (Wildman–Crippen LogP) is 5.16. The van der Waals surface area contributed by atoms with Gasteiger partial charge in [0.15, 0.2) is 0 Å². The molecule has 0 bridgehead atoms. The maximum absolute atomic E-state index is 12.5. The smallest absolute Gasteiger partial charge is 0.228 e. The Hall–Kier alpha value is -3.05. The molecular formula is C22H19N3OS. The van der Waals surface area contributed by atoms with Gasteiger partial charge in [-0.1, -0.05) is 53.3 Å². The number of nitrogens with one attached hydrogen (secondary N) is 1. The molecule has 0 radical (unpaired) electrons. The first-order valence-electron chi connectivity index (χ1n) is 8.77. The molecule has 0 spiro atoms. The summed E-state index contributed by atoms with van der Waals surface area (Å²) in [5.74, 6) is -0.0215. The highest BCUT2D eigenvalue weighted by molar-refractivity contribution is 7.21. The van der Waals surface area contributed by atoms with E-state index in [0.717, 1.165) is 43.3 Å². The van der Waals surface area contributed by atoms with Crippen molar-refractivity contribution < 1.29 is 4.79 Å². The molecule has 2 heterocycles. The highest BCUT2D eigenvalue weighted by Gasteiger charge is 2.13. The zero-order chi connectivity index (χ0) is 18.8. The van der Waals surface area contributed by atoms with Gasteiger partial charge in [0.05, 0.1) is 6.42 Å². The molecule has 4 rings (SSSR count). The fourth-order valence-corrected chi connectivity index (χ4v) is 4.08. The van der Waals surface area contributed by atoms with Gasteiger partial charge in [-0.2, -0.15) is 0 Å². The molecular weight excluding hydrogens is 354 g/mol. The number of pyridine rings is 1. The number of hydrogen-bond acceptors (Lipinski definition) is 4. The highest BCUT2D eigenvalue weighted by atomic mass is 32.1. The Morgan fingerprint density at radius 3 is 2.74 bits per heavy atom. The molecule has 134 valence electrons. The molecule has 4 nitrogen and oxygen atoms in total. The van der Waals surface area contributed by atoms with Gasteiger partial charge in [0.25, 0.3) is 0 Å². The quantitative estimate of drug-likeness (QED) is 0.538. The third-order valence-electron chi connectivity index (χ3n) is 4.45. The topological polar surface area (TPSA) is 54.9 Å². The van der Waals surface area contributed by atoms with E-state index >= 15 is 0 Å². The molecule has 0 saturated heterocycles. The number of nitrogens with zero attached hydrogens (tertiary/aromatic N) is 2. The van der Waals surface area contributed by atoms with E-state index in [9.17, 15) is 4.79 Å². The van der Waals surface area contributed by atoms with Gasteiger partial charge >= 0.3 is 0 Å². The standard InChI is InChI=1S/C22H19N3OS/c1-14-6-3-7-16(12-14)13-20(26)24-18-9-4-8-17(15(18)2)21-25-19-10-5-11-23-22(19)27-21/h3-12H,13H2,1-2H3,(H,24,26). The van der Waals surface area contributed by atoms with E-state index in [4.69, 9.17) is 0 Å². The number of hydrogen-bond donors (Lipinski definition) is 1. The monoisotopic (exact) mass is 373 g/mol. The van der Waals surface area contributed by atoms with Crippen LogP contribution >= 0.6 is 11.3 Å². The van der Waals surface area contributed by atoms with Crippen molar-refractivity contribution >= 4 is 33.3 Å². The Kier molecular flexibility index (Phi) is 4.69. The van der Waals surface area contributed by atoms with Crippen molar-refractivity contribution in [3.63, 3.8) is 0 Å². The maximum Gasteiger partial charge on any atom is 0.228 e. The van der Waals surface area contributed by atoms with E-state index in [2.05, 4.69) is 15.3 Å². The van der Waals surface area contributed by atoms with Crippen molar-refractivity contribution in [3.05, 3.63) is 77.5 Å². The Labute approximate surface area is 161 Å². The fourth-order valence-electron chi connectivity index (χ4n) is 3.09. The van der Waals surface area contributed by atoms with Gasteiger partial charge < -0.3 is 5.32 Å². The number of thiazole rings is 1. The van der Waals surface area contributed by atoms with Crippen LogP contribution in [0, 0.1) is 13.8 Å². The van der Waals surface area contributed by atoms with Crippen LogP contribution in [0.25, 0.3) is 20.9 Å². The van der Waals surface area contributed by atoms with E-state index in [1.165, 1.54) is 0 Å². The van der Waals surface area contributed by atoms with Crippen LogP contribution in [-0.2, 0) is 11.2 Å². The van der Waals surface area contributed by atoms with Crippen molar-refractivity contribution in [1.29, 1.82) is 0 Å². The average molecular weight is 373 g/mol. The first-order chi connectivity index (χ1) is 13.1. The van der Waals surface area contributed by atoms with Crippen molar-refractivity contribution in [1.82, 2.24) is 9.97 Å². The molecule has 0 saturated carbocycles. The molecule has 0 aliphatic rings. The van der Waals surface area contributed by atoms with E-state index < -0.39 is 0 Å². The molecule has 5 heteroatoms. The zero-order valence-corrected chi connectivity index (χ0v) is 16.0. The first-order valence-corrected chi connectivity index (χ1v) is 9.59.